The van der Waals surface area contributed by atoms with Gasteiger partial charge in [-0.2, -0.15) is 0 Å². The van der Waals surface area contributed by atoms with Crippen LogP contribution < -0.4 is 0 Å². The van der Waals surface area contributed by atoms with Gasteiger partial charge in [-0.15, -0.1) is 11.8 Å². The number of fused-ring (bicyclic) bond motifs is 1. The quantitative estimate of drug-likeness (QED) is 0.645. The van der Waals surface area contributed by atoms with Gasteiger partial charge in [0.05, 0.1) is 5.04 Å². The molecule has 0 bridgehead atoms. The van der Waals surface area contributed by atoms with Crippen LogP contribution in [0.1, 0.15) is 32.1 Å². The van der Waals surface area contributed by atoms with E-state index in [9.17, 15) is 0 Å². The molecule has 3 atom stereocenters. The lowest BCUT2D eigenvalue weighted by atomic mass is 9.82. The van der Waals surface area contributed by atoms with E-state index in [-0.39, 0.29) is 0 Å². The van der Waals surface area contributed by atoms with Crippen molar-refractivity contribution >= 4 is 16.8 Å². The molecule has 2 aliphatic carbocycles. The van der Waals surface area contributed by atoms with E-state index < -0.39 is 0 Å². The van der Waals surface area contributed by atoms with Crippen LogP contribution in [0, 0.1) is 24.2 Å². The van der Waals surface area contributed by atoms with Gasteiger partial charge in [0.15, 0.2) is 0 Å². The summed E-state index contributed by atoms with van der Waals surface area (Å²) in [7, 11) is 0. The molecular weight excluding hydrogens is 190 g/mol. The molecule has 0 N–H and O–H groups in total. The molecule has 1 radical (unpaired) electrons. The second kappa shape index (κ2) is 3.88. The Morgan fingerprint density at radius 3 is 3.14 bits per heavy atom. The molecule has 0 amide bonds. The van der Waals surface area contributed by atoms with E-state index in [0.29, 0.717) is 0 Å². The maximum atomic E-state index is 4.64. The van der Waals surface area contributed by atoms with Crippen LogP contribution in [0.3, 0.4) is 0 Å². The zero-order chi connectivity index (χ0) is 9.38. The first-order chi connectivity index (χ1) is 6.93. The third-order valence-electron chi connectivity index (χ3n) is 3.96. The van der Waals surface area contributed by atoms with Gasteiger partial charge in [-0.3, -0.25) is 4.99 Å². The Kier molecular flexibility index (Phi) is 2.57. The highest BCUT2D eigenvalue weighted by atomic mass is 32.2. The van der Waals surface area contributed by atoms with E-state index in [1.165, 1.54) is 42.9 Å². The van der Waals surface area contributed by atoms with Gasteiger partial charge in [0.25, 0.3) is 0 Å². The Labute approximate surface area is 90.8 Å². The van der Waals surface area contributed by atoms with Crippen LogP contribution in [-0.4, -0.2) is 17.3 Å². The van der Waals surface area contributed by atoms with Crippen molar-refractivity contribution in [3.05, 3.63) is 6.42 Å². The van der Waals surface area contributed by atoms with E-state index in [1.807, 2.05) is 11.8 Å². The van der Waals surface area contributed by atoms with Crippen molar-refractivity contribution in [1.82, 2.24) is 0 Å². The summed E-state index contributed by atoms with van der Waals surface area (Å²) < 4.78 is 0. The third-order valence-corrected chi connectivity index (χ3v) is 5.10. The van der Waals surface area contributed by atoms with Gasteiger partial charge in [-0.05, 0) is 37.5 Å². The van der Waals surface area contributed by atoms with Crippen molar-refractivity contribution in [2.45, 2.75) is 32.1 Å². The minimum Gasteiger partial charge on any atom is -0.282 e. The standard InChI is InChI=1S/C12H18NS/c1-2-4-10-8-11(7-9(10)3-1)12-13-5-6-14-12/h3,9-11H,1-2,4-8H2. The molecule has 0 aromatic heterocycles. The highest BCUT2D eigenvalue weighted by Gasteiger charge is 2.38. The minimum absolute atomic E-state index is 0.840. The largest absolute Gasteiger partial charge is 0.282 e. The Hall–Kier alpha value is 0.0200. The van der Waals surface area contributed by atoms with Gasteiger partial charge in [0.1, 0.15) is 0 Å². The lowest BCUT2D eigenvalue weighted by Crippen LogP contribution is -2.13. The topological polar surface area (TPSA) is 12.4 Å². The first-order valence-corrected chi connectivity index (χ1v) is 6.92. The molecule has 3 rings (SSSR count). The maximum absolute atomic E-state index is 4.64. The minimum atomic E-state index is 0.840. The number of nitrogens with zero attached hydrogens (tertiary/aromatic N) is 1. The summed E-state index contributed by atoms with van der Waals surface area (Å²) in [6.07, 6.45) is 9.73. The van der Waals surface area contributed by atoms with Crippen LogP contribution in [0.15, 0.2) is 4.99 Å². The summed E-state index contributed by atoms with van der Waals surface area (Å²) in [5.41, 5.74) is 0. The smallest absolute Gasteiger partial charge is 0.0708 e. The fourth-order valence-electron chi connectivity index (χ4n) is 3.29. The van der Waals surface area contributed by atoms with E-state index in [0.717, 1.165) is 24.3 Å². The van der Waals surface area contributed by atoms with Crippen LogP contribution in [0.5, 0.6) is 0 Å². The van der Waals surface area contributed by atoms with Crippen molar-refractivity contribution in [2.24, 2.45) is 22.7 Å². The number of hydrogen-bond donors (Lipinski definition) is 0. The van der Waals surface area contributed by atoms with Gasteiger partial charge in [-0.25, -0.2) is 0 Å². The first kappa shape index (κ1) is 9.26. The normalized spacial score (nSPS) is 42.3. The summed E-state index contributed by atoms with van der Waals surface area (Å²) in [5, 5.41) is 1.49. The lowest BCUT2D eigenvalue weighted by Gasteiger charge is -2.23. The van der Waals surface area contributed by atoms with Crippen LogP contribution in [0.4, 0.5) is 0 Å². The molecule has 14 heavy (non-hydrogen) atoms. The van der Waals surface area contributed by atoms with Crippen molar-refractivity contribution in [2.75, 3.05) is 12.3 Å². The van der Waals surface area contributed by atoms with Crippen LogP contribution >= 0.6 is 11.8 Å². The molecular formula is C12H18NS. The summed E-state index contributed by atoms with van der Waals surface area (Å²) in [6.45, 7) is 1.08. The van der Waals surface area contributed by atoms with Crippen molar-refractivity contribution < 1.29 is 0 Å². The molecule has 2 heteroatoms. The number of aliphatic imine (C=N–C) groups is 1. The summed E-state index contributed by atoms with van der Waals surface area (Å²) in [6, 6.07) is 0. The van der Waals surface area contributed by atoms with Crippen LogP contribution in [0.25, 0.3) is 0 Å². The summed E-state index contributed by atoms with van der Waals surface area (Å²) >= 11 is 2.02. The molecule has 3 aliphatic rings. The fourth-order valence-corrected chi connectivity index (χ4v) is 4.29. The molecule has 77 valence electrons. The predicted molar refractivity (Wildman–Crippen MR) is 62.6 cm³/mol. The van der Waals surface area contributed by atoms with E-state index in [2.05, 4.69) is 11.4 Å². The molecule has 1 aliphatic heterocycles. The maximum Gasteiger partial charge on any atom is 0.0708 e. The van der Waals surface area contributed by atoms with Gasteiger partial charge >= 0.3 is 0 Å². The molecule has 1 nitrogen and oxygen atoms in total. The molecule has 2 fully saturated rings. The summed E-state index contributed by atoms with van der Waals surface area (Å²) in [5.74, 6) is 4.03. The fraction of sp³-hybridized carbons (Fsp3) is 0.833. The number of thioether (sulfide) groups is 1. The Bertz CT molecular complexity index is 235. The molecule has 3 unspecified atom stereocenters. The third kappa shape index (κ3) is 1.62. The monoisotopic (exact) mass is 208 g/mol. The zero-order valence-electron chi connectivity index (χ0n) is 8.61. The Balaban J connectivity index is 1.67. The molecule has 0 aromatic carbocycles. The second-order valence-electron chi connectivity index (χ2n) is 4.83. The molecule has 0 saturated heterocycles. The number of rotatable bonds is 1. The first-order valence-electron chi connectivity index (χ1n) is 5.94. The molecule has 0 spiro atoms. The number of hydrogen-bond acceptors (Lipinski definition) is 2. The highest BCUT2D eigenvalue weighted by molar-refractivity contribution is 8.14. The second-order valence-corrected chi connectivity index (χ2v) is 5.94. The lowest BCUT2D eigenvalue weighted by molar-refractivity contribution is 0.343. The zero-order valence-corrected chi connectivity index (χ0v) is 9.43. The molecule has 1 heterocycles. The summed E-state index contributed by atoms with van der Waals surface area (Å²) in [4.78, 5) is 4.64. The predicted octanol–water partition coefficient (Wildman–Crippen LogP) is 3.16. The van der Waals surface area contributed by atoms with E-state index in [4.69, 9.17) is 0 Å². The molecule has 0 aromatic rings. The van der Waals surface area contributed by atoms with E-state index in [1.54, 1.807) is 0 Å². The van der Waals surface area contributed by atoms with Crippen LogP contribution in [0.2, 0.25) is 0 Å². The van der Waals surface area contributed by atoms with Crippen molar-refractivity contribution in [1.29, 1.82) is 0 Å². The van der Waals surface area contributed by atoms with Gasteiger partial charge < -0.3 is 0 Å². The average Bonchev–Trinajstić information content (AvgIpc) is 2.86. The van der Waals surface area contributed by atoms with E-state index >= 15 is 0 Å². The highest BCUT2D eigenvalue weighted by Crippen LogP contribution is 2.46. The molecule has 2 saturated carbocycles. The Morgan fingerprint density at radius 1 is 1.36 bits per heavy atom. The Morgan fingerprint density at radius 2 is 2.36 bits per heavy atom. The van der Waals surface area contributed by atoms with Crippen molar-refractivity contribution in [3.8, 4) is 0 Å². The average molecular weight is 208 g/mol. The van der Waals surface area contributed by atoms with Gasteiger partial charge in [0, 0.05) is 18.2 Å². The SMILES string of the molecule is [CH]1CCCC2CC(C3=NCCS3)CC12. The van der Waals surface area contributed by atoms with Gasteiger partial charge in [-0.1, -0.05) is 12.8 Å². The van der Waals surface area contributed by atoms with Gasteiger partial charge in [0.2, 0.25) is 0 Å². The van der Waals surface area contributed by atoms with Crippen LogP contribution in [-0.2, 0) is 0 Å². The van der Waals surface area contributed by atoms with Crippen molar-refractivity contribution in [3.63, 3.8) is 0 Å².